The van der Waals surface area contributed by atoms with E-state index >= 15 is 0 Å². The van der Waals surface area contributed by atoms with E-state index in [0.717, 1.165) is 27.6 Å². The molecule has 2 nitrogen and oxygen atoms in total. The molecule has 0 bridgehead atoms. The summed E-state index contributed by atoms with van der Waals surface area (Å²) in [5.41, 5.74) is 2.67. The fourth-order valence-electron chi connectivity index (χ4n) is 3.76. The Bertz CT molecular complexity index is 1050. The third kappa shape index (κ3) is 2.65. The van der Waals surface area contributed by atoms with Crippen LogP contribution in [-0.2, 0) is 4.79 Å². The van der Waals surface area contributed by atoms with E-state index in [0.29, 0.717) is 10.0 Å². The maximum atomic E-state index is 12.8. The molecule has 1 amide bonds. The van der Waals surface area contributed by atoms with Crippen LogP contribution in [0.15, 0.2) is 54.6 Å². The summed E-state index contributed by atoms with van der Waals surface area (Å²) in [5, 5.41) is 3.33. The van der Waals surface area contributed by atoms with Gasteiger partial charge in [0.2, 0.25) is 5.91 Å². The number of rotatable bonds is 2. The van der Waals surface area contributed by atoms with Gasteiger partial charge in [-0.1, -0.05) is 65.5 Å². The number of terminal acetylenes is 1. The third-order valence-electron chi connectivity index (χ3n) is 4.86. The first-order valence-electron chi connectivity index (χ1n) is 8.31. The Labute approximate surface area is 162 Å². The van der Waals surface area contributed by atoms with E-state index in [1.807, 2.05) is 42.5 Å². The summed E-state index contributed by atoms with van der Waals surface area (Å²) in [6.45, 7) is 0.243. The van der Waals surface area contributed by atoms with E-state index in [-0.39, 0.29) is 24.8 Å². The smallest absolute Gasteiger partial charge is 0.228 e. The molecule has 1 aliphatic rings. The Hall–Kier alpha value is -2.47. The van der Waals surface area contributed by atoms with Crippen LogP contribution in [0.4, 0.5) is 5.69 Å². The van der Waals surface area contributed by atoms with Crippen LogP contribution < -0.4 is 4.90 Å². The zero-order valence-electron chi connectivity index (χ0n) is 13.9. The Kier molecular flexibility index (Phi) is 4.36. The molecule has 1 atom stereocenters. The number of hydrogen-bond donors (Lipinski definition) is 0. The van der Waals surface area contributed by atoms with Gasteiger partial charge in [0, 0.05) is 28.1 Å². The minimum atomic E-state index is -0.209. The topological polar surface area (TPSA) is 20.3 Å². The summed E-state index contributed by atoms with van der Waals surface area (Å²) in [6.07, 6.45) is 5.78. The summed E-state index contributed by atoms with van der Waals surface area (Å²) < 4.78 is 0. The zero-order chi connectivity index (χ0) is 18.3. The second-order valence-electron chi connectivity index (χ2n) is 6.30. The van der Waals surface area contributed by atoms with Gasteiger partial charge in [-0.15, -0.1) is 6.42 Å². The van der Waals surface area contributed by atoms with Crippen LogP contribution in [0.25, 0.3) is 10.8 Å². The highest BCUT2D eigenvalue weighted by Gasteiger charge is 2.35. The number of carbonyl (C=O) groups is 1. The molecule has 0 aliphatic carbocycles. The molecule has 0 saturated heterocycles. The van der Waals surface area contributed by atoms with Crippen LogP contribution in [0.3, 0.4) is 0 Å². The van der Waals surface area contributed by atoms with E-state index in [1.165, 1.54) is 0 Å². The SMILES string of the molecule is C#CCN1C(=O)CC(c2c(Cl)cccc2Cl)c2c1ccc1ccccc21. The minimum Gasteiger partial charge on any atom is -0.300 e. The van der Waals surface area contributed by atoms with Gasteiger partial charge in [-0.2, -0.15) is 0 Å². The monoisotopic (exact) mass is 379 g/mol. The average molecular weight is 380 g/mol. The lowest BCUT2D eigenvalue weighted by atomic mass is 9.81. The van der Waals surface area contributed by atoms with Crippen molar-refractivity contribution < 1.29 is 4.79 Å². The lowest BCUT2D eigenvalue weighted by molar-refractivity contribution is -0.119. The number of amides is 1. The van der Waals surface area contributed by atoms with Crippen LogP contribution >= 0.6 is 23.2 Å². The molecule has 3 aromatic carbocycles. The summed E-state index contributed by atoms with van der Waals surface area (Å²) in [5.74, 6) is 2.36. The Balaban J connectivity index is 2.05. The van der Waals surface area contributed by atoms with Crippen molar-refractivity contribution in [3.8, 4) is 12.3 Å². The van der Waals surface area contributed by atoms with Gasteiger partial charge >= 0.3 is 0 Å². The summed E-state index contributed by atoms with van der Waals surface area (Å²) in [6, 6.07) is 17.5. The van der Waals surface area contributed by atoms with Crippen molar-refractivity contribution in [1.82, 2.24) is 0 Å². The van der Waals surface area contributed by atoms with Gasteiger partial charge in [0.15, 0.2) is 0 Å². The third-order valence-corrected chi connectivity index (χ3v) is 5.52. The predicted octanol–water partition coefficient (Wildman–Crippen LogP) is 5.65. The van der Waals surface area contributed by atoms with Crippen LogP contribution in [0.5, 0.6) is 0 Å². The van der Waals surface area contributed by atoms with Crippen LogP contribution in [0, 0.1) is 12.3 Å². The van der Waals surface area contributed by atoms with Crippen LogP contribution in [-0.4, -0.2) is 12.5 Å². The van der Waals surface area contributed by atoms with Gasteiger partial charge < -0.3 is 4.90 Å². The molecule has 26 heavy (non-hydrogen) atoms. The van der Waals surface area contributed by atoms with Gasteiger partial charge in [-0.25, -0.2) is 0 Å². The Morgan fingerprint density at radius 2 is 1.73 bits per heavy atom. The molecule has 3 aromatic rings. The highest BCUT2D eigenvalue weighted by Crippen LogP contribution is 2.47. The van der Waals surface area contributed by atoms with Crippen molar-refractivity contribution in [1.29, 1.82) is 0 Å². The van der Waals surface area contributed by atoms with E-state index in [9.17, 15) is 4.79 Å². The number of hydrogen-bond acceptors (Lipinski definition) is 1. The van der Waals surface area contributed by atoms with E-state index in [2.05, 4.69) is 18.1 Å². The van der Waals surface area contributed by atoms with Gasteiger partial charge in [0.25, 0.3) is 0 Å². The second-order valence-corrected chi connectivity index (χ2v) is 7.11. The first-order valence-corrected chi connectivity index (χ1v) is 9.06. The molecule has 0 aromatic heterocycles. The van der Waals surface area contributed by atoms with Gasteiger partial charge in [0.1, 0.15) is 0 Å². The lowest BCUT2D eigenvalue weighted by Gasteiger charge is -2.35. The molecule has 128 valence electrons. The molecule has 4 heteroatoms. The van der Waals surface area contributed by atoms with E-state index in [1.54, 1.807) is 4.90 Å². The number of anilines is 1. The number of benzene rings is 3. The van der Waals surface area contributed by atoms with Gasteiger partial charge in [-0.05, 0) is 40.1 Å². The maximum absolute atomic E-state index is 12.8. The number of carbonyl (C=O) groups excluding carboxylic acids is 1. The van der Waals surface area contributed by atoms with Crippen molar-refractivity contribution >= 4 is 45.6 Å². The van der Waals surface area contributed by atoms with Gasteiger partial charge in [0.05, 0.1) is 6.54 Å². The molecular weight excluding hydrogens is 365 g/mol. The fourth-order valence-corrected chi connectivity index (χ4v) is 4.42. The lowest BCUT2D eigenvalue weighted by Crippen LogP contribution is -2.37. The van der Waals surface area contributed by atoms with E-state index < -0.39 is 0 Å². The molecule has 0 radical (unpaired) electrons. The Morgan fingerprint density at radius 1 is 1.00 bits per heavy atom. The molecule has 0 saturated carbocycles. The highest BCUT2D eigenvalue weighted by molar-refractivity contribution is 6.36. The number of fused-ring (bicyclic) bond motifs is 3. The first-order chi connectivity index (χ1) is 12.6. The molecule has 1 heterocycles. The van der Waals surface area contributed by atoms with Crippen LogP contribution in [0.2, 0.25) is 10.0 Å². The normalized spacial score (nSPS) is 16.4. The van der Waals surface area contributed by atoms with Gasteiger partial charge in [-0.3, -0.25) is 4.79 Å². The predicted molar refractivity (Wildman–Crippen MR) is 108 cm³/mol. The number of halogens is 2. The summed E-state index contributed by atoms with van der Waals surface area (Å²) >= 11 is 13.0. The average Bonchev–Trinajstić information content (AvgIpc) is 2.64. The van der Waals surface area contributed by atoms with Crippen molar-refractivity contribution in [2.45, 2.75) is 12.3 Å². The largest absolute Gasteiger partial charge is 0.300 e. The summed E-state index contributed by atoms with van der Waals surface area (Å²) in [7, 11) is 0. The number of nitrogens with zero attached hydrogens (tertiary/aromatic N) is 1. The molecule has 0 N–H and O–H groups in total. The minimum absolute atomic E-state index is 0.0216. The maximum Gasteiger partial charge on any atom is 0.228 e. The molecule has 1 aliphatic heterocycles. The van der Waals surface area contributed by atoms with Crippen molar-refractivity contribution in [3.05, 3.63) is 75.8 Å². The standard InChI is InChI=1S/C22H15Cl2NO/c1-2-12-25-19-11-10-14-6-3-4-7-15(14)21(19)16(13-20(25)26)22-17(23)8-5-9-18(22)24/h1,3-11,16H,12-13H2. The van der Waals surface area contributed by atoms with Crippen LogP contribution in [0.1, 0.15) is 23.5 Å². The molecule has 4 rings (SSSR count). The van der Waals surface area contributed by atoms with Crippen molar-refractivity contribution in [3.63, 3.8) is 0 Å². The van der Waals surface area contributed by atoms with Crippen molar-refractivity contribution in [2.75, 3.05) is 11.4 Å². The summed E-state index contributed by atoms with van der Waals surface area (Å²) in [4.78, 5) is 14.5. The van der Waals surface area contributed by atoms with E-state index in [4.69, 9.17) is 29.6 Å². The molecular formula is C22H15Cl2NO. The van der Waals surface area contributed by atoms with Crippen molar-refractivity contribution in [2.24, 2.45) is 0 Å². The first kappa shape index (κ1) is 17.0. The quantitative estimate of drug-likeness (QED) is 0.526. The molecule has 1 unspecified atom stereocenters. The molecule has 0 spiro atoms. The Morgan fingerprint density at radius 3 is 2.46 bits per heavy atom. The molecule has 0 fully saturated rings. The second kappa shape index (κ2) is 6.68. The zero-order valence-corrected chi connectivity index (χ0v) is 15.4. The fraction of sp³-hybridized carbons (Fsp3) is 0.136. The highest BCUT2D eigenvalue weighted by atomic mass is 35.5.